The SMILES string of the molecule is CCCCC.CCCCCCCCCCC(C)SOC(=O)CC. The van der Waals surface area contributed by atoms with Crippen LogP contribution in [0.2, 0.25) is 0 Å². The Kier molecular flexibility index (Phi) is 23.8. The van der Waals surface area contributed by atoms with Gasteiger partial charge in [-0.1, -0.05) is 105 Å². The summed E-state index contributed by atoms with van der Waals surface area (Å²) in [5.74, 6) is -0.109. The summed E-state index contributed by atoms with van der Waals surface area (Å²) < 4.78 is 5.05. The maximum atomic E-state index is 11.0. The number of rotatable bonds is 14. The number of carbonyl (C=O) groups excluding carboxylic acids is 1. The van der Waals surface area contributed by atoms with E-state index in [2.05, 4.69) is 27.7 Å². The first kappa shape index (κ1) is 25.1. The summed E-state index contributed by atoms with van der Waals surface area (Å²) >= 11 is 1.33. The number of unbranched alkanes of at least 4 members (excludes halogenated alkanes) is 9. The summed E-state index contributed by atoms with van der Waals surface area (Å²) in [6, 6.07) is 0. The Morgan fingerprint density at radius 3 is 1.70 bits per heavy atom. The molecule has 2 nitrogen and oxygen atoms in total. The lowest BCUT2D eigenvalue weighted by Gasteiger charge is -2.09. The first-order valence-electron chi connectivity index (χ1n) is 9.98. The lowest BCUT2D eigenvalue weighted by molar-refractivity contribution is -0.132. The van der Waals surface area contributed by atoms with E-state index in [4.69, 9.17) is 4.18 Å². The first-order chi connectivity index (χ1) is 11.1. The highest BCUT2D eigenvalue weighted by Crippen LogP contribution is 2.19. The molecule has 0 fully saturated rings. The Morgan fingerprint density at radius 2 is 1.26 bits per heavy atom. The van der Waals surface area contributed by atoms with E-state index in [1.807, 2.05) is 6.92 Å². The van der Waals surface area contributed by atoms with Crippen LogP contribution in [0.4, 0.5) is 0 Å². The zero-order chi connectivity index (χ0) is 17.8. The van der Waals surface area contributed by atoms with Crippen molar-refractivity contribution in [3.8, 4) is 0 Å². The summed E-state index contributed by atoms with van der Waals surface area (Å²) in [5, 5.41) is 0.431. The van der Waals surface area contributed by atoms with Crippen molar-refractivity contribution in [2.24, 2.45) is 0 Å². The van der Waals surface area contributed by atoms with E-state index in [9.17, 15) is 4.79 Å². The molecule has 0 aromatic rings. The Hall–Kier alpha value is -0.180. The van der Waals surface area contributed by atoms with Crippen molar-refractivity contribution in [1.82, 2.24) is 0 Å². The average molecular weight is 347 g/mol. The Labute approximate surface area is 150 Å². The fourth-order valence-electron chi connectivity index (χ4n) is 2.16. The largest absolute Gasteiger partial charge is 0.391 e. The van der Waals surface area contributed by atoms with Gasteiger partial charge >= 0.3 is 5.97 Å². The minimum atomic E-state index is -0.109. The van der Waals surface area contributed by atoms with E-state index in [1.165, 1.54) is 82.7 Å². The predicted octanol–water partition coefficient (Wildman–Crippen LogP) is 7.70. The van der Waals surface area contributed by atoms with Gasteiger partial charge in [-0.2, -0.15) is 0 Å². The second-order valence-corrected chi connectivity index (χ2v) is 7.50. The van der Waals surface area contributed by atoms with E-state index in [0.717, 1.165) is 6.42 Å². The van der Waals surface area contributed by atoms with Crippen molar-refractivity contribution in [2.75, 3.05) is 0 Å². The fraction of sp³-hybridized carbons (Fsp3) is 0.950. The van der Waals surface area contributed by atoms with E-state index in [-0.39, 0.29) is 5.97 Å². The van der Waals surface area contributed by atoms with Gasteiger partial charge in [0.15, 0.2) is 0 Å². The average Bonchev–Trinajstić information content (AvgIpc) is 2.56. The maximum absolute atomic E-state index is 11.0. The highest BCUT2D eigenvalue weighted by Gasteiger charge is 2.07. The third-order valence-corrected chi connectivity index (χ3v) is 4.61. The first-order valence-corrected chi connectivity index (χ1v) is 10.8. The van der Waals surface area contributed by atoms with Crippen molar-refractivity contribution in [3.05, 3.63) is 0 Å². The molecule has 1 atom stereocenters. The van der Waals surface area contributed by atoms with Crippen molar-refractivity contribution in [3.63, 3.8) is 0 Å². The lowest BCUT2D eigenvalue weighted by atomic mass is 10.1. The molecule has 0 aromatic carbocycles. The van der Waals surface area contributed by atoms with Crippen LogP contribution in [0, 0.1) is 0 Å². The summed E-state index contributed by atoms with van der Waals surface area (Å²) in [4.78, 5) is 11.0. The molecule has 0 heterocycles. The number of carbonyl (C=O) groups is 1. The van der Waals surface area contributed by atoms with Gasteiger partial charge in [-0.15, -0.1) is 0 Å². The highest BCUT2D eigenvalue weighted by atomic mass is 32.2. The van der Waals surface area contributed by atoms with E-state index in [1.54, 1.807) is 0 Å². The normalized spacial score (nSPS) is 11.5. The van der Waals surface area contributed by atoms with Crippen molar-refractivity contribution >= 4 is 18.0 Å². The van der Waals surface area contributed by atoms with Gasteiger partial charge in [-0.3, -0.25) is 4.79 Å². The Bertz CT molecular complexity index is 230. The molecule has 0 aliphatic heterocycles. The Morgan fingerprint density at radius 1 is 0.783 bits per heavy atom. The third-order valence-electron chi connectivity index (χ3n) is 3.77. The number of hydrogen-bond acceptors (Lipinski definition) is 3. The maximum Gasteiger partial charge on any atom is 0.317 e. The summed E-state index contributed by atoms with van der Waals surface area (Å²) in [7, 11) is 0. The van der Waals surface area contributed by atoms with Crippen LogP contribution >= 0.6 is 12.0 Å². The van der Waals surface area contributed by atoms with Crippen LogP contribution in [0.5, 0.6) is 0 Å². The van der Waals surface area contributed by atoms with Crippen LogP contribution in [0.15, 0.2) is 0 Å². The standard InChI is InChI=1S/C15H30O2S.C5H12/c1-4-6-7-8-9-10-11-12-13-14(3)18-17-15(16)5-2;1-3-5-4-2/h14H,4-13H2,1-3H3;3-5H2,1-2H3. The van der Waals surface area contributed by atoms with Crippen LogP contribution in [0.1, 0.15) is 118 Å². The van der Waals surface area contributed by atoms with Gasteiger partial charge in [0.25, 0.3) is 0 Å². The summed E-state index contributed by atoms with van der Waals surface area (Å²) in [6.07, 6.45) is 16.5. The van der Waals surface area contributed by atoms with Crippen LogP contribution in [0.25, 0.3) is 0 Å². The van der Waals surface area contributed by atoms with E-state index < -0.39 is 0 Å². The van der Waals surface area contributed by atoms with Crippen molar-refractivity contribution in [1.29, 1.82) is 0 Å². The van der Waals surface area contributed by atoms with E-state index in [0.29, 0.717) is 11.7 Å². The fourth-order valence-corrected chi connectivity index (χ4v) is 2.81. The third kappa shape index (κ3) is 24.2. The molecule has 0 aromatic heterocycles. The van der Waals surface area contributed by atoms with Gasteiger partial charge in [0.1, 0.15) is 0 Å². The van der Waals surface area contributed by atoms with Gasteiger partial charge in [0.05, 0.1) is 12.0 Å². The van der Waals surface area contributed by atoms with Crippen molar-refractivity contribution < 1.29 is 8.98 Å². The second kappa shape index (κ2) is 21.8. The topological polar surface area (TPSA) is 26.3 Å². The molecule has 0 bridgehead atoms. The van der Waals surface area contributed by atoms with Crippen LogP contribution < -0.4 is 0 Å². The summed E-state index contributed by atoms with van der Waals surface area (Å²) in [5.41, 5.74) is 0. The molecule has 1 unspecified atom stereocenters. The minimum absolute atomic E-state index is 0.109. The molecule has 140 valence electrons. The molecule has 0 radical (unpaired) electrons. The van der Waals surface area contributed by atoms with Gasteiger partial charge in [0.2, 0.25) is 0 Å². The number of hydrogen-bond donors (Lipinski definition) is 0. The van der Waals surface area contributed by atoms with Gasteiger partial charge in [-0.25, -0.2) is 0 Å². The minimum Gasteiger partial charge on any atom is -0.391 e. The van der Waals surface area contributed by atoms with Crippen LogP contribution in [0.3, 0.4) is 0 Å². The molecule has 0 aliphatic rings. The molecule has 0 saturated carbocycles. The lowest BCUT2D eigenvalue weighted by Crippen LogP contribution is -2.02. The molecule has 23 heavy (non-hydrogen) atoms. The predicted molar refractivity (Wildman–Crippen MR) is 106 cm³/mol. The van der Waals surface area contributed by atoms with Crippen LogP contribution in [-0.2, 0) is 8.98 Å². The molecular formula is C20H42O2S. The zero-order valence-corrected chi connectivity index (χ0v) is 17.3. The molecule has 3 heteroatoms. The highest BCUT2D eigenvalue weighted by molar-refractivity contribution is 7.95. The molecule has 0 aliphatic carbocycles. The van der Waals surface area contributed by atoms with Gasteiger partial charge in [-0.05, 0) is 6.42 Å². The van der Waals surface area contributed by atoms with Gasteiger partial charge < -0.3 is 4.18 Å². The summed E-state index contributed by atoms with van der Waals surface area (Å²) in [6.45, 7) is 10.6. The van der Waals surface area contributed by atoms with Crippen molar-refractivity contribution in [2.45, 2.75) is 123 Å². The molecule has 0 N–H and O–H groups in total. The quantitative estimate of drug-likeness (QED) is 0.238. The second-order valence-electron chi connectivity index (χ2n) is 6.33. The van der Waals surface area contributed by atoms with E-state index >= 15 is 0 Å². The molecule has 0 saturated heterocycles. The monoisotopic (exact) mass is 346 g/mol. The zero-order valence-electron chi connectivity index (χ0n) is 16.5. The molecule has 0 amide bonds. The Balaban J connectivity index is 0. The van der Waals surface area contributed by atoms with Crippen LogP contribution in [-0.4, -0.2) is 11.2 Å². The molecular weight excluding hydrogens is 304 g/mol. The molecule has 0 spiro atoms. The smallest absolute Gasteiger partial charge is 0.317 e. The molecule has 0 rings (SSSR count). The van der Waals surface area contributed by atoms with Gasteiger partial charge in [0, 0.05) is 11.7 Å².